The van der Waals surface area contributed by atoms with E-state index in [2.05, 4.69) is 41.3 Å². The first-order chi connectivity index (χ1) is 14.7. The van der Waals surface area contributed by atoms with Crippen LogP contribution >= 0.6 is 0 Å². The van der Waals surface area contributed by atoms with E-state index in [-0.39, 0.29) is 11.9 Å². The van der Waals surface area contributed by atoms with E-state index in [1.54, 1.807) is 14.2 Å². The third-order valence-electron chi connectivity index (χ3n) is 6.21. The van der Waals surface area contributed by atoms with Crippen molar-refractivity contribution in [3.05, 3.63) is 65.7 Å². The van der Waals surface area contributed by atoms with Gasteiger partial charge in [0.25, 0.3) is 0 Å². The molecule has 0 spiro atoms. The number of benzene rings is 2. The molecule has 2 aromatic rings. The Morgan fingerprint density at radius 3 is 2.60 bits per heavy atom. The molecule has 2 aromatic carbocycles. The van der Waals surface area contributed by atoms with E-state index >= 15 is 0 Å². The van der Waals surface area contributed by atoms with Gasteiger partial charge in [-0.25, -0.2) is 0 Å². The van der Waals surface area contributed by atoms with Crippen molar-refractivity contribution in [2.75, 3.05) is 40.4 Å². The quantitative estimate of drug-likeness (QED) is 0.723. The van der Waals surface area contributed by atoms with Crippen molar-refractivity contribution in [1.82, 2.24) is 9.80 Å². The summed E-state index contributed by atoms with van der Waals surface area (Å²) in [6.07, 6.45) is 5.23. The number of methoxy groups -OCH3 is 2. The lowest BCUT2D eigenvalue weighted by atomic mass is 9.99. The molecular formula is C25H30N2O3. The van der Waals surface area contributed by atoms with Crippen LogP contribution in [0, 0.1) is 0 Å². The highest BCUT2D eigenvalue weighted by Crippen LogP contribution is 2.38. The first-order valence-electron chi connectivity index (χ1n) is 10.7. The average Bonchev–Trinajstić information content (AvgIpc) is 3.27. The molecule has 1 fully saturated rings. The van der Waals surface area contributed by atoms with Gasteiger partial charge < -0.3 is 14.4 Å². The molecule has 1 amide bonds. The number of hydrogen-bond donors (Lipinski definition) is 0. The highest BCUT2D eigenvalue weighted by atomic mass is 16.5. The molecule has 5 nitrogen and oxygen atoms in total. The van der Waals surface area contributed by atoms with Crippen LogP contribution < -0.4 is 9.47 Å². The maximum absolute atomic E-state index is 13.0. The summed E-state index contributed by atoms with van der Waals surface area (Å²) in [5.41, 5.74) is 3.73. The van der Waals surface area contributed by atoms with E-state index in [1.807, 2.05) is 23.1 Å². The van der Waals surface area contributed by atoms with Crippen molar-refractivity contribution >= 4 is 11.5 Å². The predicted molar refractivity (Wildman–Crippen MR) is 119 cm³/mol. The second kappa shape index (κ2) is 9.35. The average molecular weight is 407 g/mol. The molecule has 0 saturated carbocycles. The van der Waals surface area contributed by atoms with E-state index < -0.39 is 0 Å². The van der Waals surface area contributed by atoms with Crippen molar-refractivity contribution in [3.63, 3.8) is 0 Å². The molecule has 4 rings (SSSR count). The largest absolute Gasteiger partial charge is 0.497 e. The standard InChI is InChI=1S/C25H30N2O3/c1-29-21-10-11-22(24(17-21)30-2)23-9-6-14-27(23)18-25(28)26-15-12-20(13-16-26)19-7-4-3-5-8-19/h3-5,7-8,10-12,17,23H,6,9,13-16,18H2,1-2H3/t23-/m1/s1. The first-order valence-corrected chi connectivity index (χ1v) is 10.7. The normalized spacial score (nSPS) is 19.5. The molecule has 2 heterocycles. The summed E-state index contributed by atoms with van der Waals surface area (Å²) < 4.78 is 10.9. The highest BCUT2D eigenvalue weighted by molar-refractivity contribution is 5.80. The van der Waals surface area contributed by atoms with Crippen LogP contribution in [0.15, 0.2) is 54.6 Å². The summed E-state index contributed by atoms with van der Waals surface area (Å²) in [5.74, 6) is 1.82. The monoisotopic (exact) mass is 406 g/mol. The summed E-state index contributed by atoms with van der Waals surface area (Å²) in [7, 11) is 3.35. The molecule has 158 valence electrons. The van der Waals surface area contributed by atoms with Crippen LogP contribution in [0.4, 0.5) is 0 Å². The van der Waals surface area contributed by atoms with Gasteiger partial charge in [0, 0.05) is 30.8 Å². The van der Waals surface area contributed by atoms with Crippen molar-refractivity contribution < 1.29 is 14.3 Å². The fraction of sp³-hybridized carbons (Fsp3) is 0.400. The molecule has 2 aliphatic rings. The highest BCUT2D eigenvalue weighted by Gasteiger charge is 2.31. The van der Waals surface area contributed by atoms with Crippen LogP contribution in [0.25, 0.3) is 5.57 Å². The minimum absolute atomic E-state index is 0.204. The van der Waals surface area contributed by atoms with Crippen molar-refractivity contribution in [1.29, 1.82) is 0 Å². The van der Waals surface area contributed by atoms with Gasteiger partial charge in [0.1, 0.15) is 11.5 Å². The van der Waals surface area contributed by atoms with Crippen LogP contribution in [0.2, 0.25) is 0 Å². The smallest absolute Gasteiger partial charge is 0.237 e. The zero-order chi connectivity index (χ0) is 20.9. The number of ether oxygens (including phenoxy) is 2. The fourth-order valence-electron chi connectivity index (χ4n) is 4.55. The van der Waals surface area contributed by atoms with Gasteiger partial charge in [0.05, 0.1) is 20.8 Å². The fourth-order valence-corrected chi connectivity index (χ4v) is 4.55. The van der Waals surface area contributed by atoms with Gasteiger partial charge in [-0.2, -0.15) is 0 Å². The minimum atomic E-state index is 0.204. The Balaban J connectivity index is 1.42. The Hall–Kier alpha value is -2.79. The molecule has 0 radical (unpaired) electrons. The second-order valence-electron chi connectivity index (χ2n) is 7.92. The first kappa shape index (κ1) is 20.5. The molecule has 0 bridgehead atoms. The maximum Gasteiger partial charge on any atom is 0.237 e. The number of rotatable bonds is 6. The van der Waals surface area contributed by atoms with Crippen LogP contribution in [-0.2, 0) is 4.79 Å². The Labute approximate surface area is 178 Å². The lowest BCUT2D eigenvalue weighted by Crippen LogP contribution is -2.42. The van der Waals surface area contributed by atoms with Gasteiger partial charge in [-0.3, -0.25) is 9.69 Å². The van der Waals surface area contributed by atoms with Gasteiger partial charge in [0.2, 0.25) is 5.91 Å². The number of nitrogens with zero attached hydrogens (tertiary/aromatic N) is 2. The minimum Gasteiger partial charge on any atom is -0.497 e. The molecular weight excluding hydrogens is 376 g/mol. The van der Waals surface area contributed by atoms with Gasteiger partial charge in [-0.15, -0.1) is 0 Å². The van der Waals surface area contributed by atoms with Crippen LogP contribution in [-0.4, -0.2) is 56.1 Å². The van der Waals surface area contributed by atoms with E-state index in [4.69, 9.17) is 9.47 Å². The Kier molecular flexibility index (Phi) is 6.38. The summed E-state index contributed by atoms with van der Waals surface area (Å²) in [6, 6.07) is 16.6. The van der Waals surface area contributed by atoms with E-state index in [0.29, 0.717) is 13.1 Å². The molecule has 30 heavy (non-hydrogen) atoms. The molecule has 2 aliphatic heterocycles. The molecule has 0 unspecified atom stereocenters. The maximum atomic E-state index is 13.0. The van der Waals surface area contributed by atoms with E-state index in [0.717, 1.165) is 49.4 Å². The Morgan fingerprint density at radius 1 is 1.07 bits per heavy atom. The number of hydrogen-bond acceptors (Lipinski definition) is 4. The third kappa shape index (κ3) is 4.36. The van der Waals surface area contributed by atoms with E-state index in [9.17, 15) is 4.79 Å². The summed E-state index contributed by atoms with van der Waals surface area (Å²) in [4.78, 5) is 17.3. The molecule has 0 N–H and O–H groups in total. The summed E-state index contributed by atoms with van der Waals surface area (Å²) in [5, 5.41) is 0. The number of carbonyl (C=O) groups excluding carboxylic acids is 1. The predicted octanol–water partition coefficient (Wildman–Crippen LogP) is 4.16. The zero-order valence-corrected chi connectivity index (χ0v) is 17.8. The summed E-state index contributed by atoms with van der Waals surface area (Å²) >= 11 is 0. The lowest BCUT2D eigenvalue weighted by Gasteiger charge is -2.31. The SMILES string of the molecule is COc1ccc([C@H]2CCCN2CC(=O)N2CC=C(c3ccccc3)CC2)c(OC)c1. The molecule has 1 saturated heterocycles. The number of carbonyl (C=O) groups is 1. The molecule has 0 aromatic heterocycles. The molecule has 5 heteroatoms. The van der Waals surface area contributed by atoms with E-state index in [1.165, 1.54) is 11.1 Å². The number of amides is 1. The topological polar surface area (TPSA) is 42.0 Å². The summed E-state index contributed by atoms with van der Waals surface area (Å²) in [6.45, 7) is 2.86. The van der Waals surface area contributed by atoms with Gasteiger partial charge in [0.15, 0.2) is 0 Å². The van der Waals surface area contributed by atoms with Crippen molar-refractivity contribution in [2.24, 2.45) is 0 Å². The zero-order valence-electron chi connectivity index (χ0n) is 17.8. The van der Waals surface area contributed by atoms with Crippen LogP contribution in [0.3, 0.4) is 0 Å². The second-order valence-corrected chi connectivity index (χ2v) is 7.92. The van der Waals surface area contributed by atoms with Gasteiger partial charge in [-0.05, 0) is 43.0 Å². The lowest BCUT2D eigenvalue weighted by molar-refractivity contribution is -0.132. The van der Waals surface area contributed by atoms with Gasteiger partial charge >= 0.3 is 0 Å². The van der Waals surface area contributed by atoms with Gasteiger partial charge in [-0.1, -0.05) is 42.5 Å². The van der Waals surface area contributed by atoms with Crippen LogP contribution in [0.5, 0.6) is 11.5 Å². The van der Waals surface area contributed by atoms with Crippen LogP contribution in [0.1, 0.15) is 36.4 Å². The number of likely N-dealkylation sites (tertiary alicyclic amines) is 1. The Morgan fingerprint density at radius 2 is 1.90 bits per heavy atom. The molecule has 1 atom stereocenters. The molecule has 0 aliphatic carbocycles. The third-order valence-corrected chi connectivity index (χ3v) is 6.21. The van der Waals surface area contributed by atoms with Crippen molar-refractivity contribution in [3.8, 4) is 11.5 Å². The Bertz CT molecular complexity index is 910. The van der Waals surface area contributed by atoms with Crippen molar-refractivity contribution in [2.45, 2.75) is 25.3 Å².